The van der Waals surface area contributed by atoms with Crippen LogP contribution in [0.5, 0.6) is 5.75 Å². The van der Waals surface area contributed by atoms with Gasteiger partial charge in [0.05, 0.1) is 0 Å². The van der Waals surface area contributed by atoms with E-state index in [0.29, 0.717) is 0 Å². The van der Waals surface area contributed by atoms with Crippen molar-refractivity contribution in [1.29, 1.82) is 0 Å². The van der Waals surface area contributed by atoms with Gasteiger partial charge in [0, 0.05) is 22.3 Å². The first kappa shape index (κ1) is 28.3. The van der Waals surface area contributed by atoms with E-state index < -0.39 is 8.32 Å². The molecule has 0 atom stereocenters. The van der Waals surface area contributed by atoms with Gasteiger partial charge in [-0.05, 0) is 61.2 Å². The highest BCUT2D eigenvalue weighted by Crippen LogP contribution is 2.46. The Hall–Kier alpha value is -4.19. The van der Waals surface area contributed by atoms with Crippen molar-refractivity contribution in [1.82, 2.24) is 0 Å². The molecule has 1 nitrogen and oxygen atoms in total. The molecule has 0 bridgehead atoms. The zero-order chi connectivity index (χ0) is 30.6. The normalized spacial score (nSPS) is 12.7. The number of halogens is 1. The Morgan fingerprint density at radius 1 is 0.511 bits per heavy atom. The van der Waals surface area contributed by atoms with Crippen LogP contribution in [0.15, 0.2) is 152 Å². The Morgan fingerprint density at radius 3 is 1.73 bits per heavy atom. The molecule has 0 fully saturated rings. The minimum absolute atomic E-state index is 0.150. The van der Waals surface area contributed by atoms with Crippen molar-refractivity contribution in [3.63, 3.8) is 0 Å². The predicted molar refractivity (Wildman–Crippen MR) is 188 cm³/mol. The summed E-state index contributed by atoms with van der Waals surface area (Å²) in [6, 6.07) is 55.7. The monoisotopic (exact) mass is 709 g/mol. The maximum atomic E-state index is 7.87. The van der Waals surface area contributed by atoms with Gasteiger partial charge >= 0.3 is 29.5 Å². The number of hydrogen-bond donors (Lipinski definition) is 0. The molecule has 1 aliphatic heterocycles. The molecule has 0 spiro atoms. The molecule has 0 radical (unpaired) electrons. The van der Waals surface area contributed by atoms with E-state index in [1.165, 1.54) is 61.3 Å². The number of rotatable bonds is 5. The third-order valence-electron chi connectivity index (χ3n) is 9.17. The molecule has 1 aliphatic rings. The second-order valence-corrected chi connectivity index (χ2v) is 19.8. The van der Waals surface area contributed by atoms with E-state index in [2.05, 4.69) is 172 Å². The van der Waals surface area contributed by atoms with E-state index in [0.717, 1.165) is 5.75 Å². The molecule has 218 valence electrons. The lowest BCUT2D eigenvalue weighted by Crippen LogP contribution is -3.61. The second kappa shape index (κ2) is 11.0. The molecule has 45 heavy (non-hydrogen) atoms. The van der Waals surface area contributed by atoms with E-state index in [1.54, 1.807) is 0 Å². The van der Waals surface area contributed by atoms with Crippen LogP contribution in [-0.2, 0) is 0 Å². The Morgan fingerprint density at radius 2 is 1.07 bits per heavy atom. The third-order valence-corrected chi connectivity index (χ3v) is 17.3. The van der Waals surface area contributed by atoms with Crippen LogP contribution in [0.3, 0.4) is 0 Å². The number of fused-ring (bicyclic) bond motifs is 5. The van der Waals surface area contributed by atoms with Gasteiger partial charge in [-0.15, -0.1) is 0 Å². The predicted octanol–water partition coefficient (Wildman–Crippen LogP) is 6.71. The average molecular weight is 710 g/mol. The molecule has 7 aromatic rings. The summed E-state index contributed by atoms with van der Waals surface area (Å²) in [7, 11) is -2.89. The summed E-state index contributed by atoms with van der Waals surface area (Å²) in [5.74, 6) is 0.974. The highest BCUT2D eigenvalue weighted by Gasteiger charge is 2.52. The fourth-order valence-electron chi connectivity index (χ4n) is 7.13. The molecular formula is C42H34IOSi+. The molecule has 0 amide bonds. The van der Waals surface area contributed by atoms with Crippen molar-refractivity contribution in [2.45, 2.75) is 25.8 Å². The molecule has 0 saturated carbocycles. The summed E-state index contributed by atoms with van der Waals surface area (Å²) in [5, 5.41) is 7.46. The van der Waals surface area contributed by atoms with Crippen LogP contribution in [0.2, 0.25) is 5.04 Å². The van der Waals surface area contributed by atoms with Crippen molar-refractivity contribution in [3.8, 4) is 28.0 Å². The minimum Gasteiger partial charge on any atom is -0.534 e. The van der Waals surface area contributed by atoms with Gasteiger partial charge in [0.15, 0.2) is 0 Å². The second-order valence-electron chi connectivity index (χ2n) is 12.8. The lowest BCUT2D eigenvalue weighted by atomic mass is 9.90. The molecule has 3 heteroatoms. The van der Waals surface area contributed by atoms with Crippen LogP contribution >= 0.6 is 0 Å². The van der Waals surface area contributed by atoms with E-state index >= 15 is 0 Å². The summed E-state index contributed by atoms with van der Waals surface area (Å²) in [5.41, 5.74) is 5.34. The van der Waals surface area contributed by atoms with Gasteiger partial charge in [-0.3, -0.25) is 0 Å². The molecule has 0 saturated heterocycles. The summed E-state index contributed by atoms with van der Waals surface area (Å²) in [6.45, 7) is 7.08. The highest BCUT2D eigenvalue weighted by molar-refractivity contribution is 7.00. The van der Waals surface area contributed by atoms with E-state index in [4.69, 9.17) is 4.43 Å². The fraction of sp³-hybridized carbons (Fsp3) is 0.0952. The quantitative estimate of drug-likeness (QED) is 0.143. The van der Waals surface area contributed by atoms with Gasteiger partial charge in [0.2, 0.25) is 7.14 Å². The van der Waals surface area contributed by atoms with Crippen molar-refractivity contribution in [3.05, 3.63) is 159 Å². The van der Waals surface area contributed by atoms with Crippen LogP contribution in [0.1, 0.15) is 20.8 Å². The Bertz CT molecular complexity index is 2160. The summed E-state index contributed by atoms with van der Waals surface area (Å²) >= 11 is -0.379. The Kier molecular flexibility index (Phi) is 6.92. The first-order valence-electron chi connectivity index (χ1n) is 15.6. The lowest BCUT2D eigenvalue weighted by Gasteiger charge is -2.43. The maximum Gasteiger partial charge on any atom is 0.360 e. The fourth-order valence-corrected chi connectivity index (χ4v) is 14.9. The maximum absolute atomic E-state index is 7.87. The largest absolute Gasteiger partial charge is 0.534 e. The minimum atomic E-state index is -2.89. The first-order chi connectivity index (χ1) is 22.0. The van der Waals surface area contributed by atoms with Crippen LogP contribution in [0.25, 0.3) is 43.8 Å². The molecular weight excluding hydrogens is 675 g/mol. The van der Waals surface area contributed by atoms with Crippen LogP contribution in [0.4, 0.5) is 0 Å². The molecule has 0 aromatic heterocycles. The van der Waals surface area contributed by atoms with E-state index in [9.17, 15) is 0 Å². The number of benzene rings is 7. The first-order valence-corrected chi connectivity index (χ1v) is 19.6. The molecule has 7 aromatic carbocycles. The van der Waals surface area contributed by atoms with Crippen molar-refractivity contribution >= 4 is 40.2 Å². The van der Waals surface area contributed by atoms with E-state index in [-0.39, 0.29) is 26.2 Å². The average Bonchev–Trinajstić information content (AvgIpc) is 3.44. The molecule has 0 N–H and O–H groups in total. The Labute approximate surface area is 276 Å². The molecule has 1 heterocycles. The summed E-state index contributed by atoms with van der Waals surface area (Å²) < 4.78 is 10.9. The zero-order valence-electron chi connectivity index (χ0n) is 25.7. The SMILES string of the molecule is CC(C)(C)[Si](Oc1ccc2ccccc2c1-c1c2c(cc3ccccc13)-c1ccccc1[I+]2)(c1ccccc1)c1ccccc1. The zero-order valence-corrected chi connectivity index (χ0v) is 28.9. The molecule has 0 aliphatic carbocycles. The van der Waals surface area contributed by atoms with Gasteiger partial charge in [-0.25, -0.2) is 0 Å². The van der Waals surface area contributed by atoms with Gasteiger partial charge in [-0.1, -0.05) is 148 Å². The summed E-state index contributed by atoms with van der Waals surface area (Å²) in [6.07, 6.45) is 0. The molecule has 8 rings (SSSR count). The lowest BCUT2D eigenvalue weighted by molar-refractivity contribution is -0.588. The number of hydrogen-bond acceptors (Lipinski definition) is 1. The third kappa shape index (κ3) is 4.55. The Balaban J connectivity index is 1.48. The van der Waals surface area contributed by atoms with Gasteiger partial charge < -0.3 is 4.43 Å². The van der Waals surface area contributed by atoms with Crippen LogP contribution < -0.4 is 36.0 Å². The van der Waals surface area contributed by atoms with Crippen molar-refractivity contribution in [2.75, 3.05) is 0 Å². The van der Waals surface area contributed by atoms with Crippen LogP contribution in [-0.4, -0.2) is 8.32 Å². The van der Waals surface area contributed by atoms with Crippen molar-refractivity contribution in [2.24, 2.45) is 0 Å². The molecule has 0 unspecified atom stereocenters. The van der Waals surface area contributed by atoms with Crippen LogP contribution in [0, 0.1) is 7.14 Å². The van der Waals surface area contributed by atoms with Gasteiger partial charge in [-0.2, -0.15) is 0 Å². The van der Waals surface area contributed by atoms with E-state index in [1.807, 2.05) is 0 Å². The standard InChI is InChI=1S/C42H34IOSi/c1-42(2,3)45(31-18-6-4-7-19-31,32-20-8-5-9-21-32)44-38-27-26-29-16-10-12-22-33(29)39(38)40-34-23-13-11-17-30(34)28-36-35-24-14-15-25-37(35)43-41(36)40/h4-28H,1-3H3/q+1. The van der Waals surface area contributed by atoms with Gasteiger partial charge in [0.25, 0.3) is 0 Å². The smallest absolute Gasteiger partial charge is 0.360 e. The van der Waals surface area contributed by atoms with Gasteiger partial charge in [0.1, 0.15) is 5.75 Å². The van der Waals surface area contributed by atoms with Crippen molar-refractivity contribution < 1.29 is 25.6 Å². The summed E-state index contributed by atoms with van der Waals surface area (Å²) in [4.78, 5) is 0. The topological polar surface area (TPSA) is 9.23 Å². The highest BCUT2D eigenvalue weighted by atomic mass is 127.